The first-order chi connectivity index (χ1) is 9.51. The van der Waals surface area contributed by atoms with Gasteiger partial charge in [-0.3, -0.25) is 0 Å². The lowest BCUT2D eigenvalue weighted by molar-refractivity contribution is 0.0599. The summed E-state index contributed by atoms with van der Waals surface area (Å²) in [7, 11) is 1.32. The van der Waals surface area contributed by atoms with E-state index in [1.54, 1.807) is 37.3 Å². The van der Waals surface area contributed by atoms with Crippen LogP contribution in [0.1, 0.15) is 16.1 Å². The Bertz CT molecular complexity index is 659. The van der Waals surface area contributed by atoms with Gasteiger partial charge < -0.3 is 15.2 Å². The second-order valence-electron chi connectivity index (χ2n) is 4.07. The SMILES string of the molecule is COC(=O)c1ccc(Oc2ccc(N)cc2Cl)nc1C. The fraction of sp³-hybridized carbons (Fsp3) is 0.143. The number of anilines is 1. The van der Waals surface area contributed by atoms with E-state index in [2.05, 4.69) is 9.72 Å². The second kappa shape index (κ2) is 5.79. The predicted molar refractivity (Wildman–Crippen MR) is 76.3 cm³/mol. The molecule has 0 fully saturated rings. The molecule has 0 saturated carbocycles. The first-order valence-corrected chi connectivity index (χ1v) is 6.18. The van der Waals surface area contributed by atoms with E-state index in [9.17, 15) is 4.79 Å². The summed E-state index contributed by atoms with van der Waals surface area (Å²) in [4.78, 5) is 15.6. The third-order valence-corrected chi connectivity index (χ3v) is 2.93. The maximum absolute atomic E-state index is 11.5. The number of esters is 1. The summed E-state index contributed by atoms with van der Waals surface area (Å²) >= 11 is 6.02. The summed E-state index contributed by atoms with van der Waals surface area (Å²) in [6.45, 7) is 1.70. The van der Waals surface area contributed by atoms with E-state index in [1.807, 2.05) is 0 Å². The Morgan fingerprint density at radius 2 is 2.05 bits per heavy atom. The van der Waals surface area contributed by atoms with Gasteiger partial charge >= 0.3 is 5.97 Å². The van der Waals surface area contributed by atoms with E-state index < -0.39 is 5.97 Å². The molecule has 0 aliphatic rings. The summed E-state index contributed by atoms with van der Waals surface area (Å²) in [5.74, 6) is 0.340. The van der Waals surface area contributed by atoms with Gasteiger partial charge in [-0.2, -0.15) is 0 Å². The molecule has 6 heteroatoms. The molecule has 2 rings (SSSR count). The first-order valence-electron chi connectivity index (χ1n) is 5.80. The van der Waals surface area contributed by atoms with Crippen molar-refractivity contribution in [1.82, 2.24) is 4.98 Å². The molecule has 0 aliphatic carbocycles. The number of rotatable bonds is 3. The first kappa shape index (κ1) is 14.1. The summed E-state index contributed by atoms with van der Waals surface area (Å²) in [5.41, 5.74) is 7.06. The van der Waals surface area contributed by atoms with E-state index in [0.717, 1.165) is 0 Å². The lowest BCUT2D eigenvalue weighted by Gasteiger charge is -2.09. The minimum Gasteiger partial charge on any atom is -0.465 e. The van der Waals surface area contributed by atoms with Crippen LogP contribution in [0.15, 0.2) is 30.3 Å². The molecule has 0 bridgehead atoms. The number of nitrogen functional groups attached to an aromatic ring is 1. The number of hydrogen-bond acceptors (Lipinski definition) is 5. The van der Waals surface area contributed by atoms with Crippen LogP contribution >= 0.6 is 11.6 Å². The van der Waals surface area contributed by atoms with Crippen LogP contribution in [0.4, 0.5) is 5.69 Å². The lowest BCUT2D eigenvalue weighted by Crippen LogP contribution is -2.05. The van der Waals surface area contributed by atoms with Crippen molar-refractivity contribution < 1.29 is 14.3 Å². The molecule has 1 heterocycles. The van der Waals surface area contributed by atoms with E-state index in [0.29, 0.717) is 33.6 Å². The third-order valence-electron chi connectivity index (χ3n) is 2.64. The van der Waals surface area contributed by atoms with Crippen LogP contribution in [0, 0.1) is 6.92 Å². The van der Waals surface area contributed by atoms with Crippen LogP contribution in [0.5, 0.6) is 11.6 Å². The van der Waals surface area contributed by atoms with Gasteiger partial charge in [-0.1, -0.05) is 11.6 Å². The zero-order valence-corrected chi connectivity index (χ0v) is 11.8. The van der Waals surface area contributed by atoms with Gasteiger partial charge in [-0.25, -0.2) is 9.78 Å². The molecule has 5 nitrogen and oxygen atoms in total. The Hall–Kier alpha value is -2.27. The van der Waals surface area contributed by atoms with Crippen molar-refractivity contribution in [2.75, 3.05) is 12.8 Å². The number of methoxy groups -OCH3 is 1. The summed E-state index contributed by atoms with van der Waals surface area (Å²) in [5, 5.41) is 0.390. The maximum Gasteiger partial charge on any atom is 0.339 e. The Morgan fingerprint density at radius 1 is 1.30 bits per heavy atom. The highest BCUT2D eigenvalue weighted by molar-refractivity contribution is 6.32. The molecular weight excluding hydrogens is 280 g/mol. The van der Waals surface area contributed by atoms with Crippen LogP contribution in [0.25, 0.3) is 0 Å². The van der Waals surface area contributed by atoms with Crippen molar-refractivity contribution in [2.45, 2.75) is 6.92 Å². The van der Waals surface area contributed by atoms with Gasteiger partial charge in [-0.05, 0) is 31.2 Å². The topological polar surface area (TPSA) is 74.4 Å². The molecule has 0 amide bonds. The fourth-order valence-corrected chi connectivity index (χ4v) is 1.86. The van der Waals surface area contributed by atoms with Gasteiger partial charge in [0.25, 0.3) is 0 Å². The molecule has 0 aliphatic heterocycles. The van der Waals surface area contributed by atoms with E-state index in [-0.39, 0.29) is 0 Å². The third kappa shape index (κ3) is 3.00. The molecule has 1 aromatic heterocycles. The standard InChI is InChI=1S/C14H13ClN2O3/c1-8-10(14(18)19-2)4-6-13(17-8)20-12-5-3-9(16)7-11(12)15/h3-7H,16H2,1-2H3. The van der Waals surface area contributed by atoms with Crippen LogP contribution in [0.2, 0.25) is 5.02 Å². The average Bonchev–Trinajstić information content (AvgIpc) is 2.41. The Kier molecular flexibility index (Phi) is 4.10. The zero-order chi connectivity index (χ0) is 14.7. The molecular formula is C14H13ClN2O3. The van der Waals surface area contributed by atoms with E-state index in [4.69, 9.17) is 22.1 Å². The van der Waals surface area contributed by atoms with Crippen molar-refractivity contribution in [1.29, 1.82) is 0 Å². The predicted octanol–water partition coefficient (Wildman–Crippen LogP) is 3.20. The molecule has 1 aromatic carbocycles. The van der Waals surface area contributed by atoms with Gasteiger partial charge in [0, 0.05) is 11.8 Å². The molecule has 0 spiro atoms. The number of pyridine rings is 1. The number of carbonyl (C=O) groups excluding carboxylic acids is 1. The number of carbonyl (C=O) groups is 1. The monoisotopic (exact) mass is 292 g/mol. The van der Waals surface area contributed by atoms with Gasteiger partial charge in [0.2, 0.25) is 5.88 Å². The number of nitrogens with zero attached hydrogens (tertiary/aromatic N) is 1. The Morgan fingerprint density at radius 3 is 2.65 bits per heavy atom. The molecule has 2 N–H and O–H groups in total. The molecule has 0 unspecified atom stereocenters. The number of ether oxygens (including phenoxy) is 2. The molecule has 104 valence electrons. The zero-order valence-electron chi connectivity index (χ0n) is 11.0. The van der Waals surface area contributed by atoms with Crippen molar-refractivity contribution in [2.24, 2.45) is 0 Å². The molecule has 20 heavy (non-hydrogen) atoms. The normalized spacial score (nSPS) is 10.2. The lowest BCUT2D eigenvalue weighted by atomic mass is 10.2. The van der Waals surface area contributed by atoms with Crippen molar-refractivity contribution in [3.8, 4) is 11.6 Å². The smallest absolute Gasteiger partial charge is 0.339 e. The van der Waals surface area contributed by atoms with Crippen LogP contribution in [0.3, 0.4) is 0 Å². The Balaban J connectivity index is 2.26. The highest BCUT2D eigenvalue weighted by Gasteiger charge is 2.12. The number of halogens is 1. The minimum atomic E-state index is -0.438. The van der Waals surface area contributed by atoms with Gasteiger partial charge in [0.15, 0.2) is 0 Å². The van der Waals surface area contributed by atoms with Crippen LogP contribution < -0.4 is 10.5 Å². The van der Waals surface area contributed by atoms with Crippen molar-refractivity contribution >= 4 is 23.3 Å². The highest BCUT2D eigenvalue weighted by Crippen LogP contribution is 2.30. The number of benzene rings is 1. The average molecular weight is 293 g/mol. The summed E-state index contributed by atoms with van der Waals surface area (Å²) < 4.78 is 10.2. The minimum absolute atomic E-state index is 0.335. The Labute approximate surface area is 121 Å². The quantitative estimate of drug-likeness (QED) is 0.694. The number of aromatic nitrogens is 1. The second-order valence-corrected chi connectivity index (χ2v) is 4.47. The fourth-order valence-electron chi connectivity index (χ4n) is 1.63. The summed E-state index contributed by atoms with van der Waals surface area (Å²) in [6, 6.07) is 8.09. The van der Waals surface area contributed by atoms with Crippen LogP contribution in [-0.2, 0) is 4.74 Å². The number of hydrogen-bond donors (Lipinski definition) is 1. The summed E-state index contributed by atoms with van der Waals surface area (Å²) in [6.07, 6.45) is 0. The maximum atomic E-state index is 11.5. The van der Waals surface area contributed by atoms with Gasteiger partial charge in [0.1, 0.15) is 5.75 Å². The van der Waals surface area contributed by atoms with Crippen molar-refractivity contribution in [3.63, 3.8) is 0 Å². The van der Waals surface area contributed by atoms with Gasteiger partial charge in [0.05, 0.1) is 23.4 Å². The highest BCUT2D eigenvalue weighted by atomic mass is 35.5. The van der Waals surface area contributed by atoms with E-state index >= 15 is 0 Å². The van der Waals surface area contributed by atoms with Gasteiger partial charge in [-0.15, -0.1) is 0 Å². The number of aryl methyl sites for hydroxylation is 1. The number of nitrogens with two attached hydrogens (primary N) is 1. The molecule has 0 radical (unpaired) electrons. The van der Waals surface area contributed by atoms with E-state index in [1.165, 1.54) is 7.11 Å². The van der Waals surface area contributed by atoms with Crippen LogP contribution in [-0.4, -0.2) is 18.1 Å². The molecule has 0 saturated heterocycles. The largest absolute Gasteiger partial charge is 0.465 e. The van der Waals surface area contributed by atoms with Crippen molar-refractivity contribution in [3.05, 3.63) is 46.6 Å². The molecule has 2 aromatic rings. The molecule has 0 atom stereocenters.